The van der Waals surface area contributed by atoms with E-state index in [1.807, 2.05) is 0 Å². The fourth-order valence-electron chi connectivity index (χ4n) is 3.25. The zero-order chi connectivity index (χ0) is 15.8. The average molecular weight is 308 g/mol. The summed E-state index contributed by atoms with van der Waals surface area (Å²) in [5.41, 5.74) is 3.32. The van der Waals surface area contributed by atoms with Crippen molar-refractivity contribution in [2.24, 2.45) is 0 Å². The quantitative estimate of drug-likeness (QED) is 0.789. The number of anilines is 2. The molecule has 0 radical (unpaired) electrons. The number of benzene rings is 2. The monoisotopic (exact) mass is 308 g/mol. The molecule has 4 nitrogen and oxygen atoms in total. The maximum atomic E-state index is 13.6. The van der Waals surface area contributed by atoms with Crippen molar-refractivity contribution in [3.63, 3.8) is 0 Å². The fourth-order valence-corrected chi connectivity index (χ4v) is 3.25. The van der Waals surface area contributed by atoms with Gasteiger partial charge in [0.25, 0.3) is 0 Å². The molecule has 0 amide bonds. The van der Waals surface area contributed by atoms with Crippen molar-refractivity contribution >= 4 is 22.4 Å². The molecule has 4 rings (SSSR count). The maximum absolute atomic E-state index is 13.6. The van der Waals surface area contributed by atoms with Gasteiger partial charge in [-0.1, -0.05) is 18.2 Å². The summed E-state index contributed by atoms with van der Waals surface area (Å²) in [5, 5.41) is 4.18. The Hall–Kier alpha value is -2.69. The molecule has 1 atom stereocenters. The molecule has 1 unspecified atom stereocenters. The number of halogens is 1. The van der Waals surface area contributed by atoms with Gasteiger partial charge in [-0.3, -0.25) is 0 Å². The minimum absolute atomic E-state index is 0.219. The maximum Gasteiger partial charge on any atom is 0.137 e. The highest BCUT2D eigenvalue weighted by molar-refractivity contribution is 5.88. The van der Waals surface area contributed by atoms with Crippen molar-refractivity contribution in [1.82, 2.24) is 9.97 Å². The molecular formula is C18H17FN4. The summed E-state index contributed by atoms with van der Waals surface area (Å²) in [7, 11) is 2.09. The molecule has 23 heavy (non-hydrogen) atoms. The van der Waals surface area contributed by atoms with Crippen molar-refractivity contribution in [2.45, 2.75) is 12.5 Å². The molecule has 0 saturated heterocycles. The van der Waals surface area contributed by atoms with E-state index >= 15 is 0 Å². The summed E-state index contributed by atoms with van der Waals surface area (Å²) in [6, 6.07) is 13.2. The summed E-state index contributed by atoms with van der Waals surface area (Å²) in [5.74, 6) is 0.411. The second-order valence-electron chi connectivity index (χ2n) is 5.94. The van der Waals surface area contributed by atoms with Crippen LogP contribution in [0.3, 0.4) is 0 Å². The predicted molar refractivity (Wildman–Crippen MR) is 90.3 cm³/mol. The highest BCUT2D eigenvalue weighted by Crippen LogP contribution is 2.28. The van der Waals surface area contributed by atoms with E-state index in [2.05, 4.69) is 51.5 Å². The van der Waals surface area contributed by atoms with Crippen LogP contribution < -0.4 is 10.2 Å². The number of likely N-dealkylation sites (N-methyl/N-ethyl adjacent to an activating group) is 1. The minimum atomic E-state index is -0.276. The van der Waals surface area contributed by atoms with Crippen LogP contribution in [0.25, 0.3) is 10.9 Å². The molecule has 1 aliphatic rings. The lowest BCUT2D eigenvalue weighted by Crippen LogP contribution is -2.40. The van der Waals surface area contributed by atoms with E-state index in [1.54, 1.807) is 6.07 Å². The van der Waals surface area contributed by atoms with E-state index in [4.69, 9.17) is 0 Å². The van der Waals surface area contributed by atoms with Gasteiger partial charge in [-0.15, -0.1) is 0 Å². The Morgan fingerprint density at radius 1 is 1.17 bits per heavy atom. The molecule has 3 aromatic rings. The first-order valence-corrected chi connectivity index (χ1v) is 7.66. The summed E-state index contributed by atoms with van der Waals surface area (Å²) in [4.78, 5) is 10.8. The van der Waals surface area contributed by atoms with E-state index in [0.29, 0.717) is 11.2 Å². The first-order valence-electron chi connectivity index (χ1n) is 7.66. The van der Waals surface area contributed by atoms with Crippen LogP contribution in [0, 0.1) is 5.82 Å². The van der Waals surface area contributed by atoms with Crippen molar-refractivity contribution < 1.29 is 4.39 Å². The van der Waals surface area contributed by atoms with Crippen molar-refractivity contribution in [2.75, 3.05) is 23.8 Å². The van der Waals surface area contributed by atoms with Crippen LogP contribution >= 0.6 is 0 Å². The van der Waals surface area contributed by atoms with Gasteiger partial charge in [0.05, 0.1) is 5.52 Å². The van der Waals surface area contributed by atoms with Crippen LogP contribution in [0.5, 0.6) is 0 Å². The lowest BCUT2D eigenvalue weighted by Gasteiger charge is -2.34. The van der Waals surface area contributed by atoms with Crippen LogP contribution in [-0.4, -0.2) is 29.6 Å². The summed E-state index contributed by atoms with van der Waals surface area (Å²) >= 11 is 0. The van der Waals surface area contributed by atoms with E-state index in [9.17, 15) is 4.39 Å². The van der Waals surface area contributed by atoms with Gasteiger partial charge >= 0.3 is 0 Å². The minimum Gasteiger partial charge on any atom is -0.372 e. The standard InChI is InChI=1S/C18H17FN4/c1-23-10-14(8-12-4-2-3-5-17(12)23)22-18-15-9-13(19)6-7-16(15)20-11-21-18/h2-7,9,11,14H,8,10H2,1H3,(H,20,21,22). The van der Waals surface area contributed by atoms with Gasteiger partial charge < -0.3 is 10.2 Å². The molecule has 0 fully saturated rings. The van der Waals surface area contributed by atoms with Gasteiger partial charge in [0, 0.05) is 30.7 Å². The molecule has 2 heterocycles. The first-order chi connectivity index (χ1) is 11.2. The Kier molecular flexibility index (Phi) is 3.33. The van der Waals surface area contributed by atoms with Gasteiger partial charge in [0.15, 0.2) is 0 Å². The van der Waals surface area contributed by atoms with Gasteiger partial charge in [0.2, 0.25) is 0 Å². The second-order valence-corrected chi connectivity index (χ2v) is 5.94. The van der Waals surface area contributed by atoms with Crippen molar-refractivity contribution in [3.8, 4) is 0 Å². The molecule has 2 aromatic carbocycles. The van der Waals surface area contributed by atoms with Gasteiger partial charge in [-0.05, 0) is 36.2 Å². The van der Waals surface area contributed by atoms with Crippen molar-refractivity contribution in [3.05, 3.63) is 60.2 Å². The van der Waals surface area contributed by atoms with Crippen molar-refractivity contribution in [1.29, 1.82) is 0 Å². The lowest BCUT2D eigenvalue weighted by atomic mass is 9.98. The Labute approximate surface area is 134 Å². The number of nitrogens with zero attached hydrogens (tertiary/aromatic N) is 3. The van der Waals surface area contributed by atoms with Gasteiger partial charge in [0.1, 0.15) is 18.0 Å². The predicted octanol–water partition coefficient (Wildman–Crippen LogP) is 3.24. The third-order valence-electron chi connectivity index (χ3n) is 4.30. The number of fused-ring (bicyclic) bond motifs is 2. The first kappa shape index (κ1) is 13.9. The molecule has 1 aromatic heterocycles. The van der Waals surface area contributed by atoms with E-state index in [-0.39, 0.29) is 11.9 Å². The Morgan fingerprint density at radius 2 is 2.04 bits per heavy atom. The van der Waals surface area contributed by atoms with Crippen LogP contribution in [0.4, 0.5) is 15.9 Å². The Balaban J connectivity index is 1.66. The molecule has 0 spiro atoms. The second kappa shape index (κ2) is 5.50. The highest BCUT2D eigenvalue weighted by Gasteiger charge is 2.22. The molecule has 0 aliphatic carbocycles. The normalized spacial score (nSPS) is 17.1. The summed E-state index contributed by atoms with van der Waals surface area (Å²) in [6.07, 6.45) is 2.43. The zero-order valence-electron chi connectivity index (χ0n) is 12.8. The SMILES string of the molecule is CN1CC(Nc2ncnc3ccc(F)cc23)Cc2ccccc21. The fraction of sp³-hybridized carbons (Fsp3) is 0.222. The van der Waals surface area contributed by atoms with Gasteiger partial charge in [-0.25, -0.2) is 14.4 Å². The molecule has 0 bridgehead atoms. The number of rotatable bonds is 2. The molecule has 116 valence electrons. The topological polar surface area (TPSA) is 41.0 Å². The summed E-state index contributed by atoms with van der Waals surface area (Å²) in [6.45, 7) is 0.873. The average Bonchev–Trinajstić information content (AvgIpc) is 2.55. The Morgan fingerprint density at radius 3 is 2.96 bits per heavy atom. The Bertz CT molecular complexity index is 865. The van der Waals surface area contributed by atoms with Crippen LogP contribution in [0.15, 0.2) is 48.8 Å². The van der Waals surface area contributed by atoms with Gasteiger partial charge in [-0.2, -0.15) is 0 Å². The molecule has 5 heteroatoms. The van der Waals surface area contributed by atoms with E-state index in [0.717, 1.165) is 18.5 Å². The van der Waals surface area contributed by atoms with Crippen LogP contribution in [0.2, 0.25) is 0 Å². The molecular weight excluding hydrogens is 291 g/mol. The third-order valence-corrected chi connectivity index (χ3v) is 4.30. The zero-order valence-corrected chi connectivity index (χ0v) is 12.8. The summed E-state index contributed by atoms with van der Waals surface area (Å²) < 4.78 is 13.6. The van der Waals surface area contributed by atoms with E-state index < -0.39 is 0 Å². The lowest BCUT2D eigenvalue weighted by molar-refractivity contribution is 0.629. The molecule has 0 saturated carbocycles. The molecule has 1 N–H and O–H groups in total. The van der Waals surface area contributed by atoms with Crippen LogP contribution in [-0.2, 0) is 6.42 Å². The smallest absolute Gasteiger partial charge is 0.137 e. The third kappa shape index (κ3) is 2.59. The highest BCUT2D eigenvalue weighted by atomic mass is 19.1. The van der Waals surface area contributed by atoms with Crippen LogP contribution in [0.1, 0.15) is 5.56 Å². The largest absolute Gasteiger partial charge is 0.372 e. The number of aromatic nitrogens is 2. The number of para-hydroxylation sites is 1. The number of hydrogen-bond acceptors (Lipinski definition) is 4. The number of nitrogens with one attached hydrogen (secondary N) is 1. The molecule has 1 aliphatic heterocycles. The number of hydrogen-bond donors (Lipinski definition) is 1. The van der Waals surface area contributed by atoms with E-state index in [1.165, 1.54) is 29.7 Å².